The SMILES string of the molecule is CO[C@](C(=O)O[C@H]1CC[C@H](O)[C@H]2C[C@@]34SS[C@]5(C[C@H]6[C@@H]([C@@H](OC(=O)[C@@](OC)(c7ccccc7)C(F)(F)F)CC[C@@H]6O)N5C3=O)C(=O)N4[C@@H]21)(c1ccccc1)C(F)(F)F. The Bertz CT molecular complexity index is 1840. The summed E-state index contributed by atoms with van der Waals surface area (Å²) in [6.45, 7) is 0. The summed E-state index contributed by atoms with van der Waals surface area (Å²) in [5.74, 6) is -6.95. The van der Waals surface area contributed by atoms with Gasteiger partial charge < -0.3 is 39.0 Å². The van der Waals surface area contributed by atoms with Crippen LogP contribution in [-0.2, 0) is 49.3 Å². The largest absolute Gasteiger partial charge is 0.458 e. The molecule has 2 saturated carbocycles. The Morgan fingerprint density at radius 3 is 1.29 bits per heavy atom. The third-order valence-corrected chi connectivity index (χ3v) is 16.4. The minimum Gasteiger partial charge on any atom is -0.458 e. The third kappa shape index (κ3) is 5.46. The number of hydrogen-bond acceptors (Lipinski definition) is 12. The van der Waals surface area contributed by atoms with E-state index in [9.17, 15) is 46.1 Å². The van der Waals surface area contributed by atoms with Gasteiger partial charge >= 0.3 is 24.3 Å². The summed E-state index contributed by atoms with van der Waals surface area (Å²) in [5.41, 5.74) is -8.24. The smallest absolute Gasteiger partial charge is 0.432 e. The molecule has 7 aliphatic rings. The number of amides is 2. The number of halogens is 6. The highest BCUT2D eigenvalue weighted by Crippen LogP contribution is 2.71. The van der Waals surface area contributed by atoms with Crippen molar-refractivity contribution in [1.29, 1.82) is 0 Å². The molecule has 20 heteroatoms. The molecule has 9 rings (SSSR count). The lowest BCUT2D eigenvalue weighted by Gasteiger charge is -2.59. The number of aliphatic hydroxyl groups excluding tert-OH is 2. The monoisotopic (exact) mass is 860 g/mol. The Hall–Kier alpha value is -3.56. The highest BCUT2D eigenvalue weighted by molar-refractivity contribution is 8.78. The summed E-state index contributed by atoms with van der Waals surface area (Å²) in [5, 5.41) is 22.6. The number of hydrogen-bond donors (Lipinski definition) is 2. The van der Waals surface area contributed by atoms with Gasteiger partial charge in [0.15, 0.2) is 9.74 Å². The molecule has 5 aliphatic heterocycles. The average Bonchev–Trinajstić information content (AvgIpc) is 3.74. The highest BCUT2D eigenvalue weighted by Gasteiger charge is 2.80. The Kier molecular flexibility index (Phi) is 9.94. The van der Waals surface area contributed by atoms with E-state index < -0.39 is 117 Å². The van der Waals surface area contributed by atoms with Gasteiger partial charge in [-0.3, -0.25) is 9.59 Å². The van der Waals surface area contributed by atoms with Crippen LogP contribution < -0.4 is 0 Å². The van der Waals surface area contributed by atoms with Crippen LogP contribution in [0.1, 0.15) is 49.7 Å². The molecule has 0 radical (unpaired) electrons. The first kappa shape index (κ1) is 41.2. The number of ether oxygens (including phenoxy) is 4. The number of benzene rings is 2. The molecule has 2 amide bonds. The molecule has 2 aromatic carbocycles. The van der Waals surface area contributed by atoms with Crippen LogP contribution in [0.2, 0.25) is 0 Å². The Morgan fingerprint density at radius 2 is 0.983 bits per heavy atom. The Labute approximate surface area is 335 Å². The van der Waals surface area contributed by atoms with Gasteiger partial charge in [-0.15, -0.1) is 0 Å². The van der Waals surface area contributed by atoms with Crippen LogP contribution in [0.5, 0.6) is 0 Å². The van der Waals surface area contributed by atoms with Crippen LogP contribution in [0.25, 0.3) is 0 Å². The minimum atomic E-state index is -5.31. The molecule has 2 aliphatic carbocycles. The van der Waals surface area contributed by atoms with Crippen molar-refractivity contribution in [2.45, 2.75) is 108 Å². The fraction of sp³-hybridized carbons (Fsp3) is 0.579. The van der Waals surface area contributed by atoms with Gasteiger partial charge in [0, 0.05) is 37.2 Å². The molecule has 314 valence electrons. The third-order valence-electron chi connectivity index (χ3n) is 12.8. The number of esters is 2. The van der Waals surface area contributed by atoms with Crippen LogP contribution in [0.3, 0.4) is 0 Å². The van der Waals surface area contributed by atoms with Crippen molar-refractivity contribution < 1.29 is 74.7 Å². The summed E-state index contributed by atoms with van der Waals surface area (Å²) >= 11 is 0. The second kappa shape index (κ2) is 14.0. The lowest BCUT2D eigenvalue weighted by Crippen LogP contribution is -2.77. The fourth-order valence-electron chi connectivity index (χ4n) is 10.2. The summed E-state index contributed by atoms with van der Waals surface area (Å²) in [7, 11) is 3.42. The summed E-state index contributed by atoms with van der Waals surface area (Å²) in [6, 6.07) is 9.77. The van der Waals surface area contributed by atoms with Gasteiger partial charge in [-0.25, -0.2) is 9.59 Å². The molecule has 2 bridgehead atoms. The second-order valence-electron chi connectivity index (χ2n) is 15.5. The van der Waals surface area contributed by atoms with Crippen molar-refractivity contribution in [2.75, 3.05) is 14.2 Å². The summed E-state index contributed by atoms with van der Waals surface area (Å²) in [4.78, 5) is 56.6. The molecule has 7 fully saturated rings. The van der Waals surface area contributed by atoms with Crippen LogP contribution in [0.15, 0.2) is 60.7 Å². The zero-order valence-electron chi connectivity index (χ0n) is 30.8. The van der Waals surface area contributed by atoms with Gasteiger partial charge in [0.1, 0.15) is 12.2 Å². The average molecular weight is 861 g/mol. The quantitative estimate of drug-likeness (QED) is 0.218. The Morgan fingerprint density at radius 1 is 0.638 bits per heavy atom. The van der Waals surface area contributed by atoms with Crippen molar-refractivity contribution in [2.24, 2.45) is 11.8 Å². The van der Waals surface area contributed by atoms with Crippen molar-refractivity contribution >= 4 is 45.3 Å². The molecule has 12 nitrogen and oxygen atoms in total. The molecule has 0 unspecified atom stereocenters. The van der Waals surface area contributed by atoms with E-state index >= 15 is 9.59 Å². The van der Waals surface area contributed by atoms with Crippen LogP contribution >= 0.6 is 21.6 Å². The number of alkyl halides is 6. The van der Waals surface area contributed by atoms with E-state index in [0.717, 1.165) is 45.9 Å². The van der Waals surface area contributed by atoms with Gasteiger partial charge in [-0.2, -0.15) is 26.3 Å². The standard InChI is InChI=1S/C38H38F6N2O10S2/c1-53-35(37(39,40)41,19-9-5-3-6-10-19)31(51)55-25-15-13-23(47)21-17-33-30(50)46-28-22(18-34(46,58-57-33)29(49)45(33)27(21)25)24(48)14-16-26(28)56-32(52)36(54-2,38(42,43)44)20-11-7-4-8-12-20/h3-12,21-28,47-48H,13-18H2,1-2H3/t21-,22-,23+,24+,25+,26+,27+,28+,33-,34-,35+,36+/m1/s1. The number of rotatable bonds is 8. The zero-order valence-corrected chi connectivity index (χ0v) is 32.4. The summed E-state index contributed by atoms with van der Waals surface area (Å²) < 4.78 is 110. The number of carbonyl (C=O) groups excluding carboxylic acids is 4. The van der Waals surface area contributed by atoms with E-state index in [1.807, 2.05) is 0 Å². The van der Waals surface area contributed by atoms with Crippen molar-refractivity contribution in [1.82, 2.24) is 9.80 Å². The van der Waals surface area contributed by atoms with Crippen LogP contribution in [0.4, 0.5) is 26.3 Å². The van der Waals surface area contributed by atoms with Crippen molar-refractivity contribution in [3.05, 3.63) is 71.8 Å². The molecule has 2 N–H and O–H groups in total. The van der Waals surface area contributed by atoms with Crippen LogP contribution in [-0.4, -0.2) is 117 Å². The molecule has 0 aromatic heterocycles. The van der Waals surface area contributed by atoms with Crippen molar-refractivity contribution in [3.63, 3.8) is 0 Å². The first-order chi connectivity index (χ1) is 27.4. The predicted octanol–water partition coefficient (Wildman–Crippen LogP) is 4.56. The number of nitrogens with zero attached hydrogens (tertiary/aromatic N) is 2. The maximum atomic E-state index is 15.1. The van der Waals surface area contributed by atoms with Gasteiger partial charge in [0.2, 0.25) is 0 Å². The number of aliphatic hydroxyl groups is 2. The van der Waals surface area contributed by atoms with E-state index in [-0.39, 0.29) is 38.5 Å². The van der Waals surface area contributed by atoms with Gasteiger partial charge in [-0.05, 0) is 38.5 Å². The second-order valence-corrected chi connectivity index (χ2v) is 18.2. The van der Waals surface area contributed by atoms with Gasteiger partial charge in [0.25, 0.3) is 23.0 Å². The normalized spacial score (nSPS) is 36.2. The van der Waals surface area contributed by atoms with Crippen molar-refractivity contribution in [3.8, 4) is 0 Å². The molecule has 5 saturated heterocycles. The molecule has 12 atom stereocenters. The number of carbonyl (C=O) groups is 4. The number of piperazine rings is 1. The maximum absolute atomic E-state index is 15.1. The first-order valence-corrected chi connectivity index (χ1v) is 20.7. The molecule has 5 heterocycles. The van der Waals surface area contributed by atoms with E-state index in [1.54, 1.807) is 0 Å². The van der Waals surface area contributed by atoms with E-state index in [2.05, 4.69) is 0 Å². The van der Waals surface area contributed by atoms with E-state index in [1.165, 1.54) is 46.2 Å². The summed E-state index contributed by atoms with van der Waals surface area (Å²) in [6.07, 6.45) is -16.7. The maximum Gasteiger partial charge on any atom is 0.432 e. The Balaban J connectivity index is 1.14. The number of fused-ring (bicyclic) bond motifs is 3. The lowest BCUT2D eigenvalue weighted by molar-refractivity contribution is -0.281. The lowest BCUT2D eigenvalue weighted by atomic mass is 9.79. The zero-order chi connectivity index (χ0) is 41.8. The van der Waals surface area contributed by atoms with Crippen LogP contribution in [0, 0.1) is 11.8 Å². The first-order valence-electron chi connectivity index (χ1n) is 18.5. The molecular weight excluding hydrogens is 823 g/mol. The van der Waals surface area contributed by atoms with E-state index in [4.69, 9.17) is 18.9 Å². The minimum absolute atomic E-state index is 0.0494. The highest BCUT2D eigenvalue weighted by atomic mass is 33.1. The molecule has 2 spiro atoms. The molecule has 58 heavy (non-hydrogen) atoms. The fourth-order valence-corrected chi connectivity index (χ4v) is 14.0. The van der Waals surface area contributed by atoms with Gasteiger partial charge in [0.05, 0.1) is 24.3 Å². The number of methoxy groups -OCH3 is 2. The molecular formula is C38H38F6N2O10S2. The topological polar surface area (TPSA) is 152 Å². The van der Waals surface area contributed by atoms with E-state index in [0.29, 0.717) is 14.2 Å². The van der Waals surface area contributed by atoms with Gasteiger partial charge in [-0.1, -0.05) is 82.3 Å². The predicted molar refractivity (Wildman–Crippen MR) is 191 cm³/mol. The molecule has 2 aromatic rings.